The predicted molar refractivity (Wildman–Crippen MR) is 48.6 cm³/mol. The van der Waals surface area contributed by atoms with Crippen LogP contribution >= 0.6 is 0 Å². The van der Waals surface area contributed by atoms with Crippen LogP contribution in [0.4, 0.5) is 14.5 Å². The van der Waals surface area contributed by atoms with Crippen molar-refractivity contribution in [3.63, 3.8) is 0 Å². The van der Waals surface area contributed by atoms with Crippen molar-refractivity contribution in [2.24, 2.45) is 5.73 Å². The van der Waals surface area contributed by atoms with E-state index in [9.17, 15) is 8.78 Å². The van der Waals surface area contributed by atoms with E-state index in [4.69, 9.17) is 5.73 Å². The first-order valence-electron chi connectivity index (χ1n) is 3.91. The lowest BCUT2D eigenvalue weighted by Crippen LogP contribution is -2.13. The highest BCUT2D eigenvalue weighted by atomic mass is 19.1. The van der Waals surface area contributed by atoms with Gasteiger partial charge in [0.15, 0.2) is 0 Å². The first-order chi connectivity index (χ1) is 6.06. The molecule has 13 heavy (non-hydrogen) atoms. The highest BCUT2D eigenvalue weighted by molar-refractivity contribution is 5.49. The summed E-state index contributed by atoms with van der Waals surface area (Å²) in [5.41, 5.74) is 5.70. The molecule has 0 saturated heterocycles. The second-order valence-corrected chi connectivity index (χ2v) is 3.01. The Morgan fingerprint density at radius 2 is 1.69 bits per heavy atom. The molecule has 0 aliphatic heterocycles. The van der Waals surface area contributed by atoms with Gasteiger partial charge in [0.05, 0.1) is 0 Å². The summed E-state index contributed by atoms with van der Waals surface area (Å²) in [7, 11) is 3.17. The van der Waals surface area contributed by atoms with Gasteiger partial charge >= 0.3 is 0 Å². The first kappa shape index (κ1) is 9.92. The van der Waals surface area contributed by atoms with Gasteiger partial charge in [-0.3, -0.25) is 0 Å². The molecule has 0 saturated carbocycles. The van der Waals surface area contributed by atoms with Crippen molar-refractivity contribution in [3.05, 3.63) is 29.3 Å². The molecule has 0 bridgehead atoms. The largest absolute Gasteiger partial charge is 0.373 e. The number of hydrogen-bond donors (Lipinski definition) is 1. The maximum absolute atomic E-state index is 13.2. The molecule has 0 amide bonds. The Kier molecular flexibility index (Phi) is 2.83. The molecule has 0 aliphatic rings. The Morgan fingerprint density at radius 1 is 1.23 bits per heavy atom. The fraction of sp³-hybridized carbons (Fsp3) is 0.333. The lowest BCUT2D eigenvalue weighted by Gasteiger charge is -2.15. The van der Waals surface area contributed by atoms with Crippen LogP contribution in [0.25, 0.3) is 0 Å². The van der Waals surface area contributed by atoms with Crippen molar-refractivity contribution in [2.45, 2.75) is 6.54 Å². The second-order valence-electron chi connectivity index (χ2n) is 3.01. The second kappa shape index (κ2) is 3.70. The van der Waals surface area contributed by atoms with E-state index in [1.54, 1.807) is 14.1 Å². The minimum absolute atomic E-state index is 0.0304. The number of halogens is 2. The Bertz CT molecular complexity index is 287. The first-order valence-corrected chi connectivity index (χ1v) is 3.91. The van der Waals surface area contributed by atoms with E-state index in [-0.39, 0.29) is 12.2 Å². The average molecular weight is 186 g/mol. The SMILES string of the molecule is CN(C)c1c(F)cc(CN)cc1F. The van der Waals surface area contributed by atoms with E-state index in [0.717, 1.165) is 0 Å². The maximum Gasteiger partial charge on any atom is 0.149 e. The van der Waals surface area contributed by atoms with Gasteiger partial charge in [-0.15, -0.1) is 0 Å². The number of rotatable bonds is 2. The minimum Gasteiger partial charge on any atom is -0.373 e. The van der Waals surface area contributed by atoms with E-state index in [2.05, 4.69) is 0 Å². The number of nitrogens with two attached hydrogens (primary N) is 1. The summed E-state index contributed by atoms with van der Waals surface area (Å²) in [6, 6.07) is 2.50. The van der Waals surface area contributed by atoms with Crippen molar-refractivity contribution in [1.82, 2.24) is 0 Å². The quantitative estimate of drug-likeness (QED) is 0.758. The smallest absolute Gasteiger partial charge is 0.149 e. The number of anilines is 1. The van der Waals surface area contributed by atoms with E-state index in [0.29, 0.717) is 5.56 Å². The molecule has 1 aromatic rings. The van der Waals surface area contributed by atoms with Gasteiger partial charge in [-0.25, -0.2) is 8.78 Å². The topological polar surface area (TPSA) is 29.3 Å². The zero-order valence-corrected chi connectivity index (χ0v) is 7.64. The number of hydrogen-bond acceptors (Lipinski definition) is 2. The van der Waals surface area contributed by atoms with Crippen LogP contribution in [-0.4, -0.2) is 14.1 Å². The Morgan fingerprint density at radius 3 is 2.00 bits per heavy atom. The molecule has 1 aromatic carbocycles. The molecule has 0 heterocycles. The molecule has 0 aromatic heterocycles. The van der Waals surface area contributed by atoms with Crippen molar-refractivity contribution < 1.29 is 8.78 Å². The minimum atomic E-state index is -0.578. The zero-order valence-electron chi connectivity index (χ0n) is 7.64. The standard InChI is InChI=1S/C9H12F2N2/c1-13(2)9-7(10)3-6(5-12)4-8(9)11/h3-4H,5,12H2,1-2H3. The molecule has 2 nitrogen and oxygen atoms in total. The molecule has 2 N–H and O–H groups in total. The van der Waals surface area contributed by atoms with Gasteiger partial charge < -0.3 is 10.6 Å². The fourth-order valence-electron chi connectivity index (χ4n) is 1.16. The van der Waals surface area contributed by atoms with Gasteiger partial charge in [-0.05, 0) is 17.7 Å². The molecule has 0 radical (unpaired) electrons. The maximum atomic E-state index is 13.2. The highest BCUT2D eigenvalue weighted by Crippen LogP contribution is 2.22. The van der Waals surface area contributed by atoms with Gasteiger partial charge in [0, 0.05) is 20.6 Å². The summed E-state index contributed by atoms with van der Waals surface area (Å²) in [6.07, 6.45) is 0. The van der Waals surface area contributed by atoms with E-state index in [1.165, 1.54) is 17.0 Å². The lowest BCUT2D eigenvalue weighted by atomic mass is 10.2. The third kappa shape index (κ3) is 1.95. The summed E-state index contributed by atoms with van der Waals surface area (Å²) >= 11 is 0. The molecule has 0 atom stereocenters. The molecular weight excluding hydrogens is 174 g/mol. The Labute approximate surface area is 76.0 Å². The third-order valence-corrected chi connectivity index (χ3v) is 1.76. The van der Waals surface area contributed by atoms with Crippen molar-refractivity contribution in [2.75, 3.05) is 19.0 Å². The summed E-state index contributed by atoms with van der Waals surface area (Å²) in [6.45, 7) is 0.140. The monoisotopic (exact) mass is 186 g/mol. The van der Waals surface area contributed by atoms with E-state index >= 15 is 0 Å². The molecule has 72 valence electrons. The van der Waals surface area contributed by atoms with Crippen molar-refractivity contribution in [1.29, 1.82) is 0 Å². The molecule has 0 spiro atoms. The van der Waals surface area contributed by atoms with Crippen LogP contribution in [0, 0.1) is 11.6 Å². The molecule has 1 rings (SSSR count). The molecule has 4 heteroatoms. The van der Waals surface area contributed by atoms with Crippen LogP contribution in [0.3, 0.4) is 0 Å². The van der Waals surface area contributed by atoms with Gasteiger partial charge in [0.1, 0.15) is 17.3 Å². The van der Waals surface area contributed by atoms with Crippen LogP contribution in [0.2, 0.25) is 0 Å². The fourth-order valence-corrected chi connectivity index (χ4v) is 1.16. The van der Waals surface area contributed by atoms with Crippen LogP contribution in [0.1, 0.15) is 5.56 Å². The molecule has 0 unspecified atom stereocenters. The van der Waals surface area contributed by atoms with Gasteiger partial charge in [-0.2, -0.15) is 0 Å². The normalized spacial score (nSPS) is 10.2. The predicted octanol–water partition coefficient (Wildman–Crippen LogP) is 1.49. The average Bonchev–Trinajstić information content (AvgIpc) is 2.02. The van der Waals surface area contributed by atoms with Crippen LogP contribution in [0.5, 0.6) is 0 Å². The molecule has 0 aliphatic carbocycles. The summed E-state index contributed by atoms with van der Waals surface area (Å²) in [5.74, 6) is -1.16. The summed E-state index contributed by atoms with van der Waals surface area (Å²) < 4.78 is 26.4. The van der Waals surface area contributed by atoms with E-state index < -0.39 is 11.6 Å². The van der Waals surface area contributed by atoms with Crippen molar-refractivity contribution in [3.8, 4) is 0 Å². The van der Waals surface area contributed by atoms with Crippen molar-refractivity contribution >= 4 is 5.69 Å². The van der Waals surface area contributed by atoms with Crippen LogP contribution in [0.15, 0.2) is 12.1 Å². The van der Waals surface area contributed by atoms with Gasteiger partial charge in [-0.1, -0.05) is 0 Å². The zero-order chi connectivity index (χ0) is 10.0. The summed E-state index contributed by atoms with van der Waals surface area (Å²) in [4.78, 5) is 1.39. The van der Waals surface area contributed by atoms with Crippen LogP contribution < -0.4 is 10.6 Å². The lowest BCUT2D eigenvalue weighted by molar-refractivity contribution is 0.578. The number of benzene rings is 1. The Balaban J connectivity index is 3.23. The van der Waals surface area contributed by atoms with Gasteiger partial charge in [0.25, 0.3) is 0 Å². The third-order valence-electron chi connectivity index (χ3n) is 1.76. The molecule has 0 fully saturated rings. The molecular formula is C9H12F2N2. The van der Waals surface area contributed by atoms with Crippen LogP contribution in [-0.2, 0) is 6.54 Å². The van der Waals surface area contributed by atoms with Gasteiger partial charge in [0.2, 0.25) is 0 Å². The number of nitrogens with zero attached hydrogens (tertiary/aromatic N) is 1. The van der Waals surface area contributed by atoms with E-state index in [1.807, 2.05) is 0 Å². The Hall–Kier alpha value is -1.16. The summed E-state index contributed by atoms with van der Waals surface area (Å²) in [5, 5.41) is 0. The highest BCUT2D eigenvalue weighted by Gasteiger charge is 2.11.